The van der Waals surface area contributed by atoms with Gasteiger partial charge in [-0.3, -0.25) is 0 Å². The Labute approximate surface area is 296 Å². The zero-order valence-corrected chi connectivity index (χ0v) is 27.8. The SMILES string of the molecule is c1ccc(-c2ccccc2-c2ccc(N(c3ccccc3)c3ccc(-c4cccc5c4Oc4cccc6c7ccccc7n-5c46)cc3)cc2)cc1. The Morgan fingerprint density at radius 3 is 1.59 bits per heavy atom. The first kappa shape index (κ1) is 29.1. The van der Waals surface area contributed by atoms with E-state index in [1.807, 2.05) is 0 Å². The van der Waals surface area contributed by atoms with E-state index in [-0.39, 0.29) is 0 Å². The number of para-hydroxylation sites is 4. The van der Waals surface area contributed by atoms with E-state index in [9.17, 15) is 0 Å². The van der Waals surface area contributed by atoms with Gasteiger partial charge in [0, 0.05) is 33.4 Å². The average molecular weight is 653 g/mol. The van der Waals surface area contributed by atoms with Crippen molar-refractivity contribution in [3.8, 4) is 50.6 Å². The number of nitrogens with zero attached hydrogens (tertiary/aromatic N) is 2. The first-order chi connectivity index (χ1) is 25.3. The van der Waals surface area contributed by atoms with Crippen LogP contribution in [0.3, 0.4) is 0 Å². The molecule has 240 valence electrons. The van der Waals surface area contributed by atoms with Crippen LogP contribution in [0.4, 0.5) is 17.1 Å². The summed E-state index contributed by atoms with van der Waals surface area (Å²) in [5.74, 6) is 1.75. The number of ether oxygens (including phenoxy) is 1. The summed E-state index contributed by atoms with van der Waals surface area (Å²) < 4.78 is 9.09. The molecule has 0 saturated heterocycles. The first-order valence-corrected chi connectivity index (χ1v) is 17.4. The highest BCUT2D eigenvalue weighted by atomic mass is 16.5. The predicted molar refractivity (Wildman–Crippen MR) is 212 cm³/mol. The lowest BCUT2D eigenvalue weighted by atomic mass is 9.94. The van der Waals surface area contributed by atoms with Crippen molar-refractivity contribution in [1.29, 1.82) is 0 Å². The van der Waals surface area contributed by atoms with Crippen LogP contribution in [0.2, 0.25) is 0 Å². The van der Waals surface area contributed by atoms with E-state index < -0.39 is 0 Å². The molecule has 3 nitrogen and oxygen atoms in total. The smallest absolute Gasteiger partial charge is 0.159 e. The summed E-state index contributed by atoms with van der Waals surface area (Å²) in [6.07, 6.45) is 0. The Morgan fingerprint density at radius 2 is 0.882 bits per heavy atom. The molecular formula is C48H32N2O. The van der Waals surface area contributed by atoms with Crippen LogP contribution >= 0.6 is 0 Å². The Balaban J connectivity index is 1.03. The number of hydrogen-bond acceptors (Lipinski definition) is 2. The topological polar surface area (TPSA) is 17.4 Å². The standard InChI is InChI=1S/C48H32N2O/c1-3-13-33(14-4-1)39-17-7-8-18-40(39)34-25-29-37(30-26-34)49(36-15-5-2-6-16-36)38-31-27-35(28-32-38)41-20-11-23-45-48(41)51-46-24-12-21-43-42-19-9-10-22-44(42)50(45)47(43)46/h1-32H. The van der Waals surface area contributed by atoms with Crippen LogP contribution in [0, 0.1) is 0 Å². The van der Waals surface area contributed by atoms with Crippen LogP contribution in [0.5, 0.6) is 11.5 Å². The minimum atomic E-state index is 0.873. The molecule has 0 bridgehead atoms. The Morgan fingerprint density at radius 1 is 0.373 bits per heavy atom. The van der Waals surface area contributed by atoms with Gasteiger partial charge in [0.15, 0.2) is 11.5 Å². The highest BCUT2D eigenvalue weighted by Crippen LogP contribution is 2.49. The molecule has 1 aliphatic rings. The van der Waals surface area contributed by atoms with E-state index in [0.717, 1.165) is 50.9 Å². The maximum absolute atomic E-state index is 6.73. The molecule has 3 heteroatoms. The van der Waals surface area contributed by atoms with Gasteiger partial charge in [-0.25, -0.2) is 0 Å². The zero-order valence-electron chi connectivity index (χ0n) is 27.8. The summed E-state index contributed by atoms with van der Waals surface area (Å²) in [6.45, 7) is 0. The van der Waals surface area contributed by atoms with Gasteiger partial charge in [-0.05, 0) is 82.4 Å². The molecule has 10 rings (SSSR count). The molecule has 2 heterocycles. The van der Waals surface area contributed by atoms with Crippen molar-refractivity contribution in [2.75, 3.05) is 4.90 Å². The lowest BCUT2D eigenvalue weighted by molar-refractivity contribution is 0.478. The van der Waals surface area contributed by atoms with Gasteiger partial charge in [-0.15, -0.1) is 0 Å². The summed E-state index contributed by atoms with van der Waals surface area (Å²) in [4.78, 5) is 2.31. The summed E-state index contributed by atoms with van der Waals surface area (Å²) >= 11 is 0. The molecule has 0 N–H and O–H groups in total. The van der Waals surface area contributed by atoms with Gasteiger partial charge in [0.1, 0.15) is 0 Å². The molecule has 0 spiro atoms. The molecule has 9 aromatic rings. The van der Waals surface area contributed by atoms with Crippen molar-refractivity contribution in [2.45, 2.75) is 0 Å². The molecule has 51 heavy (non-hydrogen) atoms. The van der Waals surface area contributed by atoms with Gasteiger partial charge in [-0.1, -0.05) is 140 Å². The summed E-state index contributed by atoms with van der Waals surface area (Å²) in [5, 5.41) is 2.44. The number of fused-ring (bicyclic) bond motifs is 5. The fourth-order valence-electron chi connectivity index (χ4n) is 7.67. The molecule has 0 fully saturated rings. The van der Waals surface area contributed by atoms with Gasteiger partial charge in [0.05, 0.1) is 16.7 Å². The third kappa shape index (κ3) is 4.82. The predicted octanol–water partition coefficient (Wildman–Crippen LogP) is 13.4. The van der Waals surface area contributed by atoms with Crippen LogP contribution in [-0.2, 0) is 0 Å². The second kappa shape index (κ2) is 11.9. The van der Waals surface area contributed by atoms with Gasteiger partial charge in [-0.2, -0.15) is 0 Å². The van der Waals surface area contributed by atoms with E-state index in [0.29, 0.717) is 0 Å². The maximum atomic E-state index is 6.73. The minimum Gasteiger partial charge on any atom is -0.452 e. The molecule has 0 amide bonds. The van der Waals surface area contributed by atoms with E-state index in [2.05, 4.69) is 204 Å². The highest BCUT2D eigenvalue weighted by Gasteiger charge is 2.26. The number of hydrogen-bond donors (Lipinski definition) is 0. The lowest BCUT2D eigenvalue weighted by Crippen LogP contribution is -2.09. The van der Waals surface area contributed by atoms with E-state index in [1.54, 1.807) is 0 Å². The average Bonchev–Trinajstić information content (AvgIpc) is 3.55. The van der Waals surface area contributed by atoms with Gasteiger partial charge >= 0.3 is 0 Å². The number of rotatable bonds is 6. The number of aromatic nitrogens is 1. The molecule has 0 radical (unpaired) electrons. The van der Waals surface area contributed by atoms with Crippen LogP contribution in [0.1, 0.15) is 0 Å². The quantitative estimate of drug-likeness (QED) is 0.178. The fraction of sp³-hybridized carbons (Fsp3) is 0. The summed E-state index contributed by atoms with van der Waals surface area (Å²) in [5.41, 5.74) is 13.6. The molecule has 1 aliphatic heterocycles. The van der Waals surface area contributed by atoms with Crippen LogP contribution in [-0.4, -0.2) is 4.57 Å². The second-order valence-corrected chi connectivity index (χ2v) is 12.9. The summed E-state index contributed by atoms with van der Waals surface area (Å²) in [6, 6.07) is 68.9. The molecule has 0 saturated carbocycles. The number of anilines is 3. The van der Waals surface area contributed by atoms with Gasteiger partial charge in [0.2, 0.25) is 0 Å². The molecule has 0 unspecified atom stereocenters. The van der Waals surface area contributed by atoms with E-state index in [4.69, 9.17) is 4.74 Å². The third-order valence-corrected chi connectivity index (χ3v) is 10.0. The normalized spacial score (nSPS) is 11.7. The summed E-state index contributed by atoms with van der Waals surface area (Å²) in [7, 11) is 0. The molecule has 0 atom stereocenters. The van der Waals surface area contributed by atoms with Crippen molar-refractivity contribution in [2.24, 2.45) is 0 Å². The third-order valence-electron chi connectivity index (χ3n) is 10.0. The van der Waals surface area contributed by atoms with Crippen molar-refractivity contribution in [1.82, 2.24) is 4.57 Å². The van der Waals surface area contributed by atoms with Crippen molar-refractivity contribution in [3.63, 3.8) is 0 Å². The molecule has 8 aromatic carbocycles. The Bertz CT molecular complexity index is 2690. The van der Waals surface area contributed by atoms with Crippen molar-refractivity contribution in [3.05, 3.63) is 194 Å². The minimum absolute atomic E-state index is 0.873. The largest absolute Gasteiger partial charge is 0.452 e. The van der Waals surface area contributed by atoms with Crippen LogP contribution < -0.4 is 9.64 Å². The zero-order chi connectivity index (χ0) is 33.7. The lowest BCUT2D eigenvalue weighted by Gasteiger charge is -2.26. The van der Waals surface area contributed by atoms with Crippen molar-refractivity contribution < 1.29 is 4.74 Å². The first-order valence-electron chi connectivity index (χ1n) is 17.4. The Kier molecular flexibility index (Phi) is 6.81. The Hall–Kier alpha value is -6.84. The maximum Gasteiger partial charge on any atom is 0.159 e. The monoisotopic (exact) mass is 652 g/mol. The van der Waals surface area contributed by atoms with Crippen LogP contribution in [0.25, 0.3) is 60.9 Å². The number of benzene rings is 8. The molecule has 0 aliphatic carbocycles. The second-order valence-electron chi connectivity index (χ2n) is 12.9. The van der Waals surface area contributed by atoms with E-state index >= 15 is 0 Å². The van der Waals surface area contributed by atoms with Crippen molar-refractivity contribution >= 4 is 38.9 Å². The van der Waals surface area contributed by atoms with E-state index in [1.165, 1.54) is 38.5 Å². The molecule has 1 aromatic heterocycles. The fourth-order valence-corrected chi connectivity index (χ4v) is 7.67. The van der Waals surface area contributed by atoms with Gasteiger partial charge in [0.25, 0.3) is 0 Å². The van der Waals surface area contributed by atoms with Gasteiger partial charge < -0.3 is 14.2 Å². The highest BCUT2D eigenvalue weighted by molar-refractivity contribution is 6.12. The van der Waals surface area contributed by atoms with Crippen LogP contribution in [0.15, 0.2) is 194 Å². The molecular weight excluding hydrogens is 621 g/mol.